The van der Waals surface area contributed by atoms with Crippen molar-refractivity contribution in [2.75, 3.05) is 12.4 Å². The molecule has 1 aromatic carbocycles. The van der Waals surface area contributed by atoms with E-state index in [0.29, 0.717) is 6.07 Å². The number of carboxylic acid groups (broad SMARTS) is 1. The number of aromatic carboxylic acids is 1. The van der Waals surface area contributed by atoms with Gasteiger partial charge in [0.05, 0.1) is 16.1 Å². The highest BCUT2D eigenvalue weighted by Gasteiger charge is 2.34. The number of benzene rings is 1. The predicted molar refractivity (Wildman–Crippen MR) is 53.0 cm³/mol. The van der Waals surface area contributed by atoms with Gasteiger partial charge in [-0.15, -0.1) is 0 Å². The lowest BCUT2D eigenvalue weighted by Gasteiger charge is -2.14. The standard InChI is InChI=1S/C9H7ClF3NO2/c1-14-7-3-6(10)4(8(15)16)2-5(7)9(11,12)13/h2-3,14H,1H3,(H,15,16). The van der Waals surface area contributed by atoms with Crippen molar-refractivity contribution in [3.8, 4) is 0 Å². The molecule has 0 aliphatic carbocycles. The van der Waals surface area contributed by atoms with Crippen LogP contribution in [0.5, 0.6) is 0 Å². The Bertz CT molecular complexity index is 431. The average molecular weight is 254 g/mol. The Kier molecular flexibility index (Phi) is 3.32. The smallest absolute Gasteiger partial charge is 0.418 e. The average Bonchev–Trinajstić information content (AvgIpc) is 2.14. The first-order chi connectivity index (χ1) is 7.27. The molecule has 0 radical (unpaired) electrons. The summed E-state index contributed by atoms with van der Waals surface area (Å²) in [6, 6.07) is 1.45. The van der Waals surface area contributed by atoms with Gasteiger partial charge in [-0.05, 0) is 12.1 Å². The van der Waals surface area contributed by atoms with Gasteiger partial charge in [-0.2, -0.15) is 13.2 Å². The van der Waals surface area contributed by atoms with Crippen LogP contribution in [0.3, 0.4) is 0 Å². The van der Waals surface area contributed by atoms with Crippen molar-refractivity contribution in [3.05, 3.63) is 28.3 Å². The minimum atomic E-state index is -4.63. The number of alkyl halides is 3. The zero-order chi connectivity index (χ0) is 12.5. The normalized spacial score (nSPS) is 11.3. The van der Waals surface area contributed by atoms with Crippen LogP contribution in [0.2, 0.25) is 5.02 Å². The predicted octanol–water partition coefficient (Wildman–Crippen LogP) is 3.10. The Balaban J connectivity index is 3.47. The SMILES string of the molecule is CNc1cc(Cl)c(C(=O)O)cc1C(F)(F)F. The van der Waals surface area contributed by atoms with Crippen molar-refractivity contribution in [1.82, 2.24) is 0 Å². The molecule has 1 rings (SSSR count). The zero-order valence-electron chi connectivity index (χ0n) is 8.02. The lowest BCUT2D eigenvalue weighted by molar-refractivity contribution is -0.136. The van der Waals surface area contributed by atoms with Crippen molar-refractivity contribution >= 4 is 23.3 Å². The molecule has 0 fully saturated rings. The van der Waals surface area contributed by atoms with Gasteiger partial charge in [0.15, 0.2) is 0 Å². The molecule has 7 heteroatoms. The summed E-state index contributed by atoms with van der Waals surface area (Å²) >= 11 is 5.54. The van der Waals surface area contributed by atoms with Gasteiger partial charge >= 0.3 is 12.1 Å². The number of carbonyl (C=O) groups is 1. The first kappa shape index (κ1) is 12.6. The molecule has 0 amide bonds. The molecule has 0 atom stereocenters. The lowest BCUT2D eigenvalue weighted by atomic mass is 10.1. The second-order valence-electron chi connectivity index (χ2n) is 2.93. The van der Waals surface area contributed by atoms with Crippen molar-refractivity contribution in [2.45, 2.75) is 6.18 Å². The van der Waals surface area contributed by atoms with Gasteiger partial charge in [0.25, 0.3) is 0 Å². The number of carboxylic acids is 1. The van der Waals surface area contributed by atoms with Crippen LogP contribution < -0.4 is 5.32 Å². The fourth-order valence-corrected chi connectivity index (χ4v) is 1.42. The number of anilines is 1. The maximum Gasteiger partial charge on any atom is 0.418 e. The van der Waals surface area contributed by atoms with E-state index in [1.54, 1.807) is 0 Å². The largest absolute Gasteiger partial charge is 0.478 e. The van der Waals surface area contributed by atoms with E-state index in [4.69, 9.17) is 16.7 Å². The van der Waals surface area contributed by atoms with E-state index < -0.39 is 23.3 Å². The highest BCUT2D eigenvalue weighted by atomic mass is 35.5. The molecule has 16 heavy (non-hydrogen) atoms. The van der Waals surface area contributed by atoms with Crippen LogP contribution in [-0.4, -0.2) is 18.1 Å². The van der Waals surface area contributed by atoms with E-state index >= 15 is 0 Å². The molecule has 0 spiro atoms. The first-order valence-corrected chi connectivity index (χ1v) is 4.47. The van der Waals surface area contributed by atoms with E-state index in [9.17, 15) is 18.0 Å². The van der Waals surface area contributed by atoms with E-state index in [0.717, 1.165) is 6.07 Å². The summed E-state index contributed by atoms with van der Waals surface area (Å²) in [4.78, 5) is 10.6. The molecule has 0 aliphatic rings. The van der Waals surface area contributed by atoms with Crippen LogP contribution in [-0.2, 0) is 6.18 Å². The fourth-order valence-electron chi connectivity index (χ4n) is 1.18. The zero-order valence-corrected chi connectivity index (χ0v) is 8.78. The molecule has 1 aromatic rings. The molecule has 0 bridgehead atoms. The molecule has 0 unspecified atom stereocenters. The number of halogens is 4. The highest BCUT2D eigenvalue weighted by molar-refractivity contribution is 6.33. The molecule has 88 valence electrons. The summed E-state index contributed by atoms with van der Waals surface area (Å²) in [6.45, 7) is 0. The van der Waals surface area contributed by atoms with Crippen LogP contribution in [0.4, 0.5) is 18.9 Å². The second-order valence-corrected chi connectivity index (χ2v) is 3.34. The van der Waals surface area contributed by atoms with E-state index in [-0.39, 0.29) is 10.7 Å². The van der Waals surface area contributed by atoms with Gasteiger partial charge in [-0.25, -0.2) is 4.79 Å². The topological polar surface area (TPSA) is 49.3 Å². The summed E-state index contributed by atoms with van der Waals surface area (Å²) in [7, 11) is 1.29. The number of rotatable bonds is 2. The summed E-state index contributed by atoms with van der Waals surface area (Å²) in [6.07, 6.45) is -4.63. The Morgan fingerprint density at radius 3 is 2.38 bits per heavy atom. The molecule has 3 nitrogen and oxygen atoms in total. The van der Waals surface area contributed by atoms with Crippen molar-refractivity contribution in [3.63, 3.8) is 0 Å². The summed E-state index contributed by atoms with van der Waals surface area (Å²) in [5.41, 5.74) is -1.90. The second kappa shape index (κ2) is 4.21. The first-order valence-electron chi connectivity index (χ1n) is 4.09. The number of nitrogens with one attached hydrogen (secondary N) is 1. The number of hydrogen-bond donors (Lipinski definition) is 2. The van der Waals surface area contributed by atoms with Gasteiger partial charge in [-0.3, -0.25) is 0 Å². The van der Waals surface area contributed by atoms with Crippen LogP contribution in [0.1, 0.15) is 15.9 Å². The molecule has 0 heterocycles. The van der Waals surface area contributed by atoms with Crippen LogP contribution >= 0.6 is 11.6 Å². The third-order valence-corrected chi connectivity index (χ3v) is 2.23. The molecular formula is C9H7ClF3NO2. The highest BCUT2D eigenvalue weighted by Crippen LogP contribution is 2.37. The molecule has 0 aliphatic heterocycles. The third-order valence-electron chi connectivity index (χ3n) is 1.91. The molecule has 2 N–H and O–H groups in total. The van der Waals surface area contributed by atoms with Crippen molar-refractivity contribution in [2.24, 2.45) is 0 Å². The summed E-state index contributed by atoms with van der Waals surface area (Å²) in [5, 5.41) is 10.7. The van der Waals surface area contributed by atoms with E-state index in [1.165, 1.54) is 7.05 Å². The molecule has 0 saturated carbocycles. The Hall–Kier alpha value is -1.43. The molecule has 0 aromatic heterocycles. The summed E-state index contributed by atoms with van der Waals surface area (Å²) < 4.78 is 37.6. The van der Waals surface area contributed by atoms with Crippen molar-refractivity contribution < 1.29 is 23.1 Å². The van der Waals surface area contributed by atoms with Gasteiger partial charge in [0.1, 0.15) is 0 Å². The maximum atomic E-state index is 12.5. The van der Waals surface area contributed by atoms with Gasteiger partial charge in [0.2, 0.25) is 0 Å². The minimum absolute atomic E-state index is 0.246. The van der Waals surface area contributed by atoms with E-state index in [1.807, 2.05) is 0 Å². The van der Waals surface area contributed by atoms with E-state index in [2.05, 4.69) is 5.32 Å². The molecule has 0 saturated heterocycles. The van der Waals surface area contributed by atoms with Crippen molar-refractivity contribution in [1.29, 1.82) is 0 Å². The van der Waals surface area contributed by atoms with Crippen LogP contribution in [0, 0.1) is 0 Å². The Morgan fingerprint density at radius 1 is 1.44 bits per heavy atom. The third kappa shape index (κ3) is 2.38. The number of hydrogen-bond acceptors (Lipinski definition) is 2. The van der Waals surface area contributed by atoms with Crippen LogP contribution in [0.15, 0.2) is 12.1 Å². The Morgan fingerprint density at radius 2 is 2.00 bits per heavy atom. The Labute approximate surface area is 93.8 Å². The van der Waals surface area contributed by atoms with Gasteiger partial charge < -0.3 is 10.4 Å². The van der Waals surface area contributed by atoms with Gasteiger partial charge in [-0.1, -0.05) is 11.6 Å². The quantitative estimate of drug-likeness (QED) is 0.851. The lowest BCUT2D eigenvalue weighted by Crippen LogP contribution is -2.11. The monoisotopic (exact) mass is 253 g/mol. The molecular weight excluding hydrogens is 247 g/mol. The maximum absolute atomic E-state index is 12.5. The minimum Gasteiger partial charge on any atom is -0.478 e. The summed E-state index contributed by atoms with van der Waals surface area (Å²) in [5.74, 6) is -1.50. The van der Waals surface area contributed by atoms with Crippen LogP contribution in [0.25, 0.3) is 0 Å². The van der Waals surface area contributed by atoms with Gasteiger partial charge in [0, 0.05) is 12.7 Å². The fraction of sp³-hybridized carbons (Fsp3) is 0.222.